The first-order chi connectivity index (χ1) is 4.13. The molecule has 4 heteroatoms. The summed E-state index contributed by atoms with van der Waals surface area (Å²) in [5.41, 5.74) is -1.14. The van der Waals surface area contributed by atoms with E-state index in [0.29, 0.717) is 19.5 Å². The Morgan fingerprint density at radius 3 is 2.60 bits per heavy atom. The standard InChI is InChI=1S/C6H12FNO.ClH/c1-6(9)4-8-3-2-5(6)7;/h5,8-9H,2-4H2,1H3;1H/t5-,6-;/m1./s1. The van der Waals surface area contributed by atoms with Crippen LogP contribution in [-0.4, -0.2) is 30.0 Å². The highest BCUT2D eigenvalue weighted by molar-refractivity contribution is 5.85. The average molecular weight is 170 g/mol. The van der Waals surface area contributed by atoms with Crippen molar-refractivity contribution in [2.75, 3.05) is 13.1 Å². The summed E-state index contributed by atoms with van der Waals surface area (Å²) in [6.07, 6.45) is -0.633. The summed E-state index contributed by atoms with van der Waals surface area (Å²) in [5, 5.41) is 12.1. The fourth-order valence-corrected chi connectivity index (χ4v) is 0.992. The van der Waals surface area contributed by atoms with E-state index >= 15 is 0 Å². The Morgan fingerprint density at radius 1 is 1.70 bits per heavy atom. The third-order valence-corrected chi connectivity index (χ3v) is 1.73. The molecule has 62 valence electrons. The third kappa shape index (κ3) is 2.08. The Balaban J connectivity index is 0.000000810. The molecule has 0 aliphatic carbocycles. The molecule has 2 atom stereocenters. The Bertz CT molecular complexity index is 110. The minimum absolute atomic E-state index is 0. The average Bonchev–Trinajstić information content (AvgIpc) is 1.77. The van der Waals surface area contributed by atoms with E-state index in [1.165, 1.54) is 6.92 Å². The van der Waals surface area contributed by atoms with E-state index in [4.69, 9.17) is 0 Å². The molecular weight excluding hydrogens is 157 g/mol. The van der Waals surface area contributed by atoms with Crippen molar-refractivity contribution in [2.45, 2.75) is 25.1 Å². The lowest BCUT2D eigenvalue weighted by Gasteiger charge is -2.32. The highest BCUT2D eigenvalue weighted by Crippen LogP contribution is 2.18. The Labute approximate surface area is 66.2 Å². The number of rotatable bonds is 0. The molecule has 1 aliphatic rings. The van der Waals surface area contributed by atoms with Crippen LogP contribution in [0, 0.1) is 0 Å². The van der Waals surface area contributed by atoms with Crippen molar-refractivity contribution < 1.29 is 9.50 Å². The lowest BCUT2D eigenvalue weighted by Crippen LogP contribution is -2.51. The van der Waals surface area contributed by atoms with E-state index in [1.54, 1.807) is 0 Å². The van der Waals surface area contributed by atoms with Crippen molar-refractivity contribution in [3.05, 3.63) is 0 Å². The van der Waals surface area contributed by atoms with Crippen molar-refractivity contribution in [1.29, 1.82) is 0 Å². The summed E-state index contributed by atoms with van der Waals surface area (Å²) in [6, 6.07) is 0. The van der Waals surface area contributed by atoms with Crippen LogP contribution in [0.2, 0.25) is 0 Å². The van der Waals surface area contributed by atoms with Gasteiger partial charge in [-0.05, 0) is 19.9 Å². The van der Waals surface area contributed by atoms with Gasteiger partial charge in [-0.2, -0.15) is 0 Å². The zero-order chi connectivity index (χ0) is 6.91. The monoisotopic (exact) mass is 169 g/mol. The second-order valence-electron chi connectivity index (χ2n) is 2.79. The first-order valence-electron chi connectivity index (χ1n) is 3.20. The fourth-order valence-electron chi connectivity index (χ4n) is 0.992. The van der Waals surface area contributed by atoms with E-state index in [2.05, 4.69) is 5.32 Å². The molecule has 1 aliphatic heterocycles. The zero-order valence-electron chi connectivity index (χ0n) is 5.93. The minimum Gasteiger partial charge on any atom is -0.386 e. The Morgan fingerprint density at radius 2 is 2.30 bits per heavy atom. The molecule has 2 N–H and O–H groups in total. The molecule has 0 unspecified atom stereocenters. The summed E-state index contributed by atoms with van der Waals surface area (Å²) < 4.78 is 12.7. The van der Waals surface area contributed by atoms with E-state index in [0.717, 1.165) is 0 Å². The molecule has 0 aromatic rings. The molecule has 1 fully saturated rings. The molecule has 2 nitrogen and oxygen atoms in total. The number of piperidine rings is 1. The molecule has 1 saturated heterocycles. The Kier molecular flexibility index (Phi) is 3.56. The van der Waals surface area contributed by atoms with Crippen molar-refractivity contribution >= 4 is 12.4 Å². The van der Waals surface area contributed by atoms with Crippen LogP contribution in [0.1, 0.15) is 13.3 Å². The molecule has 0 aromatic heterocycles. The third-order valence-electron chi connectivity index (χ3n) is 1.73. The van der Waals surface area contributed by atoms with E-state index in [1.807, 2.05) is 0 Å². The van der Waals surface area contributed by atoms with Crippen LogP contribution in [0.25, 0.3) is 0 Å². The van der Waals surface area contributed by atoms with E-state index in [9.17, 15) is 9.50 Å². The zero-order valence-corrected chi connectivity index (χ0v) is 6.75. The van der Waals surface area contributed by atoms with Gasteiger partial charge in [-0.25, -0.2) is 4.39 Å². The predicted octanol–water partition coefficient (Wildman–Crippen LogP) is 0.491. The molecule has 0 saturated carbocycles. The number of alkyl halides is 1. The van der Waals surface area contributed by atoms with Crippen LogP contribution in [0.15, 0.2) is 0 Å². The molecule has 1 rings (SSSR count). The first kappa shape index (κ1) is 10.1. The topological polar surface area (TPSA) is 32.3 Å². The first-order valence-corrected chi connectivity index (χ1v) is 3.20. The largest absolute Gasteiger partial charge is 0.386 e. The van der Waals surface area contributed by atoms with Gasteiger partial charge in [0.25, 0.3) is 0 Å². The predicted molar refractivity (Wildman–Crippen MR) is 40.3 cm³/mol. The number of aliphatic hydroxyl groups is 1. The minimum atomic E-state index is -1.14. The number of hydrogen-bond donors (Lipinski definition) is 2. The molecule has 0 amide bonds. The van der Waals surface area contributed by atoms with E-state index in [-0.39, 0.29) is 12.4 Å². The van der Waals surface area contributed by atoms with Crippen molar-refractivity contribution in [3.8, 4) is 0 Å². The number of halogens is 2. The smallest absolute Gasteiger partial charge is 0.131 e. The second-order valence-corrected chi connectivity index (χ2v) is 2.79. The molecule has 0 radical (unpaired) electrons. The number of β-amino-alcohol motifs (C(OH)–C–C–N with tert-alkyl or cyclic N) is 1. The summed E-state index contributed by atoms with van der Waals surface area (Å²) >= 11 is 0. The molecule has 0 bridgehead atoms. The molecule has 0 spiro atoms. The maximum Gasteiger partial charge on any atom is 0.131 e. The van der Waals surface area contributed by atoms with Gasteiger partial charge >= 0.3 is 0 Å². The SMILES string of the molecule is C[C@@]1(O)CNCC[C@H]1F.Cl. The van der Waals surface area contributed by atoms with Gasteiger partial charge in [-0.3, -0.25) is 0 Å². The fraction of sp³-hybridized carbons (Fsp3) is 1.00. The maximum atomic E-state index is 12.7. The van der Waals surface area contributed by atoms with Gasteiger partial charge in [0.2, 0.25) is 0 Å². The molecule has 1 heterocycles. The van der Waals surface area contributed by atoms with Crippen molar-refractivity contribution in [1.82, 2.24) is 5.32 Å². The Hall–Kier alpha value is 0.140. The van der Waals surface area contributed by atoms with Gasteiger partial charge in [-0.15, -0.1) is 12.4 Å². The van der Waals surface area contributed by atoms with Gasteiger partial charge in [0, 0.05) is 6.54 Å². The lowest BCUT2D eigenvalue weighted by atomic mass is 9.95. The summed E-state index contributed by atoms with van der Waals surface area (Å²) in [5.74, 6) is 0. The van der Waals surface area contributed by atoms with Gasteiger partial charge in [0.1, 0.15) is 11.8 Å². The molecular formula is C6H13ClFNO. The van der Waals surface area contributed by atoms with Crippen LogP contribution < -0.4 is 5.32 Å². The number of nitrogens with one attached hydrogen (secondary N) is 1. The normalized spacial score (nSPS) is 40.5. The number of hydrogen-bond acceptors (Lipinski definition) is 2. The van der Waals surface area contributed by atoms with Gasteiger partial charge in [0.05, 0.1) is 0 Å². The van der Waals surface area contributed by atoms with Gasteiger partial charge in [-0.1, -0.05) is 0 Å². The van der Waals surface area contributed by atoms with Gasteiger partial charge in [0.15, 0.2) is 0 Å². The van der Waals surface area contributed by atoms with Crippen LogP contribution in [0.3, 0.4) is 0 Å². The summed E-state index contributed by atoms with van der Waals surface area (Å²) in [7, 11) is 0. The van der Waals surface area contributed by atoms with Crippen LogP contribution in [-0.2, 0) is 0 Å². The molecule has 10 heavy (non-hydrogen) atoms. The second kappa shape index (κ2) is 3.51. The van der Waals surface area contributed by atoms with Crippen LogP contribution >= 0.6 is 12.4 Å². The highest BCUT2D eigenvalue weighted by Gasteiger charge is 2.34. The van der Waals surface area contributed by atoms with E-state index < -0.39 is 11.8 Å². The van der Waals surface area contributed by atoms with Crippen molar-refractivity contribution in [3.63, 3.8) is 0 Å². The van der Waals surface area contributed by atoms with Crippen molar-refractivity contribution in [2.24, 2.45) is 0 Å². The van der Waals surface area contributed by atoms with Crippen LogP contribution in [0.5, 0.6) is 0 Å². The summed E-state index contributed by atoms with van der Waals surface area (Å²) in [4.78, 5) is 0. The quantitative estimate of drug-likeness (QED) is 0.553. The lowest BCUT2D eigenvalue weighted by molar-refractivity contribution is -0.0360. The van der Waals surface area contributed by atoms with Gasteiger partial charge < -0.3 is 10.4 Å². The molecule has 0 aromatic carbocycles. The summed E-state index contributed by atoms with van der Waals surface area (Å²) in [6.45, 7) is 2.56. The highest BCUT2D eigenvalue weighted by atomic mass is 35.5. The maximum absolute atomic E-state index is 12.7. The van der Waals surface area contributed by atoms with Crippen LogP contribution in [0.4, 0.5) is 4.39 Å².